The quantitative estimate of drug-likeness (QED) is 0.737. The molecule has 3 heterocycles. The maximum atomic E-state index is 12.9. The molecule has 28 heavy (non-hydrogen) atoms. The molecule has 1 aromatic rings. The lowest BCUT2D eigenvalue weighted by atomic mass is 9.99. The van der Waals surface area contributed by atoms with Crippen LogP contribution in [0.5, 0.6) is 0 Å². The molecule has 3 aliphatic rings. The van der Waals surface area contributed by atoms with Crippen molar-refractivity contribution in [2.45, 2.75) is 44.8 Å². The molecule has 4 rings (SSSR count). The van der Waals surface area contributed by atoms with Gasteiger partial charge >= 0.3 is 0 Å². The van der Waals surface area contributed by atoms with E-state index in [9.17, 15) is 14.4 Å². The molecule has 0 aromatic heterocycles. The summed E-state index contributed by atoms with van der Waals surface area (Å²) in [5, 5.41) is 5.80. The Kier molecular flexibility index (Phi) is 5.46. The number of fused-ring (bicyclic) bond motifs is 1. The largest absolute Gasteiger partial charge is 0.322 e. The van der Waals surface area contributed by atoms with Gasteiger partial charge in [0.05, 0.1) is 0 Å². The van der Waals surface area contributed by atoms with Crippen molar-refractivity contribution in [1.29, 1.82) is 0 Å². The molecule has 150 valence electrons. The number of piperidine rings is 2. The minimum atomic E-state index is -0.553. The third-order valence-corrected chi connectivity index (χ3v) is 6.01. The molecule has 0 saturated carbocycles. The highest BCUT2D eigenvalue weighted by Crippen LogP contribution is 2.28. The van der Waals surface area contributed by atoms with Crippen molar-refractivity contribution < 1.29 is 14.4 Å². The van der Waals surface area contributed by atoms with Gasteiger partial charge in [-0.05, 0) is 62.5 Å². The van der Waals surface area contributed by atoms with Gasteiger partial charge in [0, 0.05) is 31.6 Å². The van der Waals surface area contributed by atoms with E-state index in [4.69, 9.17) is 0 Å². The number of carbonyl (C=O) groups is 3. The number of imide groups is 1. The molecule has 3 amide bonds. The minimum Gasteiger partial charge on any atom is -0.322 e. The second-order valence-corrected chi connectivity index (χ2v) is 8.30. The fraction of sp³-hybridized carbons (Fsp3) is 0.571. The summed E-state index contributed by atoms with van der Waals surface area (Å²) in [5.41, 5.74) is 2.76. The molecule has 7 heteroatoms. The van der Waals surface area contributed by atoms with Crippen LogP contribution in [-0.4, -0.2) is 60.2 Å². The zero-order valence-electron chi connectivity index (χ0n) is 16.4. The van der Waals surface area contributed by atoms with Crippen LogP contribution in [0.4, 0.5) is 0 Å². The van der Waals surface area contributed by atoms with E-state index in [1.54, 1.807) is 4.90 Å². The van der Waals surface area contributed by atoms with Gasteiger partial charge in [-0.15, -0.1) is 0 Å². The van der Waals surface area contributed by atoms with Crippen molar-refractivity contribution in [2.75, 3.05) is 26.7 Å². The first-order valence-corrected chi connectivity index (χ1v) is 10.2. The van der Waals surface area contributed by atoms with Crippen molar-refractivity contribution in [3.8, 4) is 0 Å². The number of nitrogens with one attached hydrogen (secondary N) is 2. The Labute approximate surface area is 165 Å². The normalized spacial score (nSPS) is 25.2. The highest BCUT2D eigenvalue weighted by atomic mass is 16.2. The third-order valence-electron chi connectivity index (χ3n) is 6.01. The average molecular weight is 384 g/mol. The molecule has 0 spiro atoms. The topological polar surface area (TPSA) is 81.8 Å². The summed E-state index contributed by atoms with van der Waals surface area (Å²) < 4.78 is 0. The van der Waals surface area contributed by atoms with E-state index < -0.39 is 6.04 Å². The summed E-state index contributed by atoms with van der Waals surface area (Å²) >= 11 is 0. The summed E-state index contributed by atoms with van der Waals surface area (Å²) in [7, 11) is 2.12. The van der Waals surface area contributed by atoms with Gasteiger partial charge in [-0.2, -0.15) is 0 Å². The molecule has 1 aromatic carbocycles. The van der Waals surface area contributed by atoms with E-state index in [0.29, 0.717) is 24.4 Å². The highest BCUT2D eigenvalue weighted by molar-refractivity contribution is 6.05. The lowest BCUT2D eigenvalue weighted by Crippen LogP contribution is -2.52. The van der Waals surface area contributed by atoms with Crippen molar-refractivity contribution in [3.63, 3.8) is 0 Å². The molecule has 0 aliphatic carbocycles. The lowest BCUT2D eigenvalue weighted by molar-refractivity contribution is -0.136. The number of rotatable bonds is 5. The molecule has 2 N–H and O–H groups in total. The Morgan fingerprint density at radius 1 is 1.21 bits per heavy atom. The first-order valence-electron chi connectivity index (χ1n) is 10.2. The molecule has 2 atom stereocenters. The molecule has 0 radical (unpaired) electrons. The van der Waals surface area contributed by atoms with Gasteiger partial charge in [0.2, 0.25) is 11.8 Å². The summed E-state index contributed by atoms with van der Waals surface area (Å²) in [6, 6.07) is 5.50. The van der Waals surface area contributed by atoms with Crippen molar-refractivity contribution in [3.05, 3.63) is 34.9 Å². The van der Waals surface area contributed by atoms with Crippen LogP contribution in [0.15, 0.2) is 18.2 Å². The average Bonchev–Trinajstić information content (AvgIpc) is 2.99. The van der Waals surface area contributed by atoms with E-state index in [2.05, 4.69) is 28.6 Å². The van der Waals surface area contributed by atoms with Gasteiger partial charge in [-0.25, -0.2) is 0 Å². The smallest absolute Gasteiger partial charge is 0.255 e. The number of benzene rings is 1. The number of hydrogen-bond donors (Lipinski definition) is 2. The summed E-state index contributed by atoms with van der Waals surface area (Å²) in [6.07, 6.45) is 3.18. The van der Waals surface area contributed by atoms with Gasteiger partial charge in [0.25, 0.3) is 5.91 Å². The summed E-state index contributed by atoms with van der Waals surface area (Å²) in [5.74, 6) is -0.0503. The van der Waals surface area contributed by atoms with Crippen molar-refractivity contribution >= 4 is 17.7 Å². The number of nitrogens with zero attached hydrogens (tertiary/aromatic N) is 2. The number of amides is 3. The van der Waals surface area contributed by atoms with Gasteiger partial charge < -0.3 is 15.1 Å². The fourth-order valence-corrected chi connectivity index (χ4v) is 4.60. The van der Waals surface area contributed by atoms with E-state index in [1.807, 2.05) is 12.1 Å². The van der Waals surface area contributed by atoms with Crippen LogP contribution in [-0.2, 0) is 22.7 Å². The predicted molar refractivity (Wildman–Crippen MR) is 104 cm³/mol. The molecule has 2 fully saturated rings. The SMILES string of the molecule is CN(Cc1ccc2c(c1)C(=O)N(C1CCC(=O)NC1=O)C2)C[C@H]1CCCNC1. The van der Waals surface area contributed by atoms with Gasteiger partial charge in [-0.1, -0.05) is 12.1 Å². The Hall–Kier alpha value is -2.25. The molecular formula is C21H28N4O3. The zero-order valence-corrected chi connectivity index (χ0v) is 16.4. The van der Waals surface area contributed by atoms with Gasteiger partial charge in [0.1, 0.15) is 6.04 Å². The Morgan fingerprint density at radius 2 is 2.07 bits per heavy atom. The van der Waals surface area contributed by atoms with Crippen LogP contribution in [0.3, 0.4) is 0 Å². The maximum Gasteiger partial charge on any atom is 0.255 e. The minimum absolute atomic E-state index is 0.106. The monoisotopic (exact) mass is 384 g/mol. The Morgan fingerprint density at radius 3 is 2.82 bits per heavy atom. The molecule has 0 bridgehead atoms. The van der Waals surface area contributed by atoms with Crippen LogP contribution in [0.2, 0.25) is 0 Å². The second kappa shape index (κ2) is 8.01. The second-order valence-electron chi connectivity index (χ2n) is 8.30. The summed E-state index contributed by atoms with van der Waals surface area (Å²) in [4.78, 5) is 40.4. The standard InChI is InChI=1S/C21H28N4O3/c1-24(12-15-3-2-8-22-10-15)11-14-4-5-16-13-25(21(28)17(16)9-14)18-6-7-19(26)23-20(18)27/h4-5,9,15,18,22H,2-3,6-8,10-13H2,1H3,(H,23,26,27)/t15-,18?/m0/s1. The number of hydrogen-bond acceptors (Lipinski definition) is 5. The molecule has 1 unspecified atom stereocenters. The lowest BCUT2D eigenvalue weighted by Gasteiger charge is -2.29. The zero-order chi connectivity index (χ0) is 19.7. The van der Waals surface area contributed by atoms with E-state index in [0.717, 1.165) is 37.3 Å². The van der Waals surface area contributed by atoms with Crippen molar-refractivity contribution in [1.82, 2.24) is 20.4 Å². The van der Waals surface area contributed by atoms with Gasteiger partial charge in [0.15, 0.2) is 0 Å². The molecule has 3 aliphatic heterocycles. The first-order chi connectivity index (χ1) is 13.5. The van der Waals surface area contributed by atoms with Crippen LogP contribution in [0.25, 0.3) is 0 Å². The Bertz CT molecular complexity index is 788. The number of carbonyl (C=O) groups excluding carboxylic acids is 3. The first kappa shape index (κ1) is 19.1. The van der Waals surface area contributed by atoms with E-state index in [1.165, 1.54) is 12.8 Å². The van der Waals surface area contributed by atoms with E-state index in [-0.39, 0.29) is 24.1 Å². The maximum absolute atomic E-state index is 12.9. The van der Waals surface area contributed by atoms with E-state index >= 15 is 0 Å². The third kappa shape index (κ3) is 3.95. The molecular weight excluding hydrogens is 356 g/mol. The van der Waals surface area contributed by atoms with Crippen LogP contribution in [0.1, 0.15) is 47.2 Å². The fourth-order valence-electron chi connectivity index (χ4n) is 4.60. The van der Waals surface area contributed by atoms with Crippen molar-refractivity contribution in [2.24, 2.45) is 5.92 Å². The Balaban J connectivity index is 1.41. The highest BCUT2D eigenvalue weighted by Gasteiger charge is 2.39. The molecule has 2 saturated heterocycles. The molecule has 7 nitrogen and oxygen atoms in total. The predicted octanol–water partition coefficient (Wildman–Crippen LogP) is 0.879. The van der Waals surface area contributed by atoms with Crippen LogP contribution < -0.4 is 10.6 Å². The van der Waals surface area contributed by atoms with Gasteiger partial charge in [-0.3, -0.25) is 19.7 Å². The van der Waals surface area contributed by atoms with Crippen LogP contribution in [0, 0.1) is 5.92 Å². The summed E-state index contributed by atoms with van der Waals surface area (Å²) in [6.45, 7) is 4.48. The van der Waals surface area contributed by atoms with Crippen LogP contribution >= 0.6 is 0 Å².